The minimum atomic E-state index is -1.36. The van der Waals surface area contributed by atoms with Crippen molar-refractivity contribution >= 4 is 28.3 Å². The standard InChI is InChI=1S/C20H19N7O2/c1-12(24-25-19(21)28)15-7-8-18-23-11-17(27(18)26-15)20(2,29)14-5-6-16-13(10-14)4-3-9-22-16/h3-11,29H,1-2H3,(H3,21,25,28)/b24-12-. The van der Waals surface area contributed by atoms with Gasteiger partial charge in [-0.3, -0.25) is 4.98 Å². The van der Waals surface area contributed by atoms with Crippen LogP contribution in [0, 0.1) is 0 Å². The van der Waals surface area contributed by atoms with E-state index in [0.29, 0.717) is 28.3 Å². The first-order chi connectivity index (χ1) is 13.9. The first-order valence-electron chi connectivity index (χ1n) is 8.89. The Morgan fingerprint density at radius 2 is 2.07 bits per heavy atom. The maximum absolute atomic E-state index is 11.4. The van der Waals surface area contributed by atoms with Crippen LogP contribution >= 0.6 is 0 Å². The molecule has 4 aromatic rings. The fraction of sp³-hybridized carbons (Fsp3) is 0.150. The number of imidazole rings is 1. The molecular weight excluding hydrogens is 370 g/mol. The highest BCUT2D eigenvalue weighted by molar-refractivity contribution is 5.97. The molecule has 0 aliphatic rings. The van der Waals surface area contributed by atoms with E-state index >= 15 is 0 Å². The van der Waals surface area contributed by atoms with Crippen LogP contribution in [-0.2, 0) is 5.60 Å². The van der Waals surface area contributed by atoms with E-state index in [9.17, 15) is 9.90 Å². The summed E-state index contributed by atoms with van der Waals surface area (Å²) < 4.78 is 1.56. The Morgan fingerprint density at radius 3 is 2.86 bits per heavy atom. The average molecular weight is 389 g/mol. The van der Waals surface area contributed by atoms with Crippen LogP contribution in [0.3, 0.4) is 0 Å². The van der Waals surface area contributed by atoms with E-state index in [1.807, 2.05) is 30.3 Å². The number of rotatable bonds is 4. The molecule has 3 heterocycles. The number of primary amides is 1. The van der Waals surface area contributed by atoms with Crippen molar-refractivity contribution in [3.8, 4) is 0 Å². The number of hydrogen-bond donors (Lipinski definition) is 3. The molecule has 1 aromatic carbocycles. The summed E-state index contributed by atoms with van der Waals surface area (Å²) >= 11 is 0. The summed E-state index contributed by atoms with van der Waals surface area (Å²) in [6.07, 6.45) is 3.32. The van der Waals surface area contributed by atoms with Gasteiger partial charge in [0.25, 0.3) is 0 Å². The van der Waals surface area contributed by atoms with Gasteiger partial charge >= 0.3 is 6.03 Å². The van der Waals surface area contributed by atoms with E-state index < -0.39 is 11.6 Å². The van der Waals surface area contributed by atoms with E-state index in [-0.39, 0.29) is 0 Å². The normalized spacial score (nSPS) is 14.1. The Morgan fingerprint density at radius 1 is 1.24 bits per heavy atom. The Hall–Kier alpha value is -3.85. The van der Waals surface area contributed by atoms with Crippen LogP contribution < -0.4 is 11.2 Å². The number of fused-ring (bicyclic) bond motifs is 2. The Labute approximate surface area is 165 Å². The molecular formula is C20H19N7O2. The highest BCUT2D eigenvalue weighted by Crippen LogP contribution is 2.31. The number of carbonyl (C=O) groups is 1. The summed E-state index contributed by atoms with van der Waals surface area (Å²) in [5.74, 6) is 0. The molecule has 4 rings (SSSR count). The molecule has 0 aliphatic carbocycles. The molecule has 4 N–H and O–H groups in total. The Kier molecular flexibility index (Phi) is 4.44. The Balaban J connectivity index is 1.80. The molecule has 0 fully saturated rings. The van der Waals surface area contributed by atoms with Gasteiger partial charge in [0.2, 0.25) is 0 Å². The molecule has 146 valence electrons. The number of nitrogens with zero attached hydrogens (tertiary/aromatic N) is 5. The molecule has 9 heteroatoms. The molecule has 1 atom stereocenters. The van der Waals surface area contributed by atoms with Crippen molar-refractivity contribution in [2.75, 3.05) is 0 Å². The minimum Gasteiger partial charge on any atom is -0.379 e. The zero-order valence-electron chi connectivity index (χ0n) is 15.9. The summed E-state index contributed by atoms with van der Waals surface area (Å²) in [6, 6.07) is 12.1. The zero-order valence-corrected chi connectivity index (χ0v) is 15.9. The molecule has 1 unspecified atom stereocenters. The maximum Gasteiger partial charge on any atom is 0.332 e. The monoisotopic (exact) mass is 389 g/mol. The quantitative estimate of drug-likeness (QED) is 0.362. The van der Waals surface area contributed by atoms with Gasteiger partial charge in [-0.1, -0.05) is 12.1 Å². The number of benzene rings is 1. The molecule has 29 heavy (non-hydrogen) atoms. The largest absolute Gasteiger partial charge is 0.379 e. The smallest absolute Gasteiger partial charge is 0.332 e. The summed E-state index contributed by atoms with van der Waals surface area (Å²) in [5.41, 5.74) is 9.44. The van der Waals surface area contributed by atoms with Gasteiger partial charge in [-0.05, 0) is 49.7 Å². The van der Waals surface area contributed by atoms with Crippen molar-refractivity contribution < 1.29 is 9.90 Å². The van der Waals surface area contributed by atoms with Gasteiger partial charge in [-0.15, -0.1) is 0 Å². The van der Waals surface area contributed by atoms with Gasteiger partial charge < -0.3 is 10.8 Å². The average Bonchev–Trinajstić information content (AvgIpc) is 3.15. The van der Waals surface area contributed by atoms with E-state index in [1.54, 1.807) is 42.9 Å². The van der Waals surface area contributed by atoms with Gasteiger partial charge in [-0.25, -0.2) is 19.7 Å². The van der Waals surface area contributed by atoms with E-state index in [2.05, 4.69) is 25.6 Å². The van der Waals surface area contributed by atoms with Crippen LogP contribution in [-0.4, -0.2) is 36.4 Å². The van der Waals surface area contributed by atoms with E-state index in [0.717, 1.165) is 10.9 Å². The van der Waals surface area contributed by atoms with Crippen molar-refractivity contribution in [3.63, 3.8) is 0 Å². The zero-order chi connectivity index (χ0) is 20.6. The molecule has 0 saturated carbocycles. The number of amides is 2. The number of aliphatic hydroxyl groups is 1. The SMILES string of the molecule is C/C(=N/NC(N)=O)c1ccc2ncc(C(C)(O)c3ccc4ncccc4c3)n2n1. The fourth-order valence-electron chi connectivity index (χ4n) is 3.12. The second-order valence-corrected chi connectivity index (χ2v) is 6.79. The first-order valence-corrected chi connectivity index (χ1v) is 8.89. The van der Waals surface area contributed by atoms with Crippen molar-refractivity contribution in [1.29, 1.82) is 0 Å². The summed E-state index contributed by atoms with van der Waals surface area (Å²) in [4.78, 5) is 19.5. The molecule has 0 saturated heterocycles. The van der Waals surface area contributed by atoms with E-state index in [1.165, 1.54) is 0 Å². The van der Waals surface area contributed by atoms with Crippen LogP contribution in [0.2, 0.25) is 0 Å². The highest BCUT2D eigenvalue weighted by atomic mass is 16.3. The summed E-state index contributed by atoms with van der Waals surface area (Å²) in [7, 11) is 0. The molecule has 0 radical (unpaired) electrons. The third-order valence-electron chi connectivity index (χ3n) is 4.73. The number of aromatic nitrogens is 4. The van der Waals surface area contributed by atoms with Gasteiger partial charge in [0, 0.05) is 11.6 Å². The molecule has 0 spiro atoms. The van der Waals surface area contributed by atoms with Crippen LogP contribution in [0.5, 0.6) is 0 Å². The third kappa shape index (κ3) is 3.39. The number of hydrogen-bond acceptors (Lipinski definition) is 6. The van der Waals surface area contributed by atoms with Crippen molar-refractivity contribution in [1.82, 2.24) is 25.0 Å². The fourth-order valence-corrected chi connectivity index (χ4v) is 3.12. The second-order valence-electron chi connectivity index (χ2n) is 6.79. The molecule has 3 aromatic heterocycles. The van der Waals surface area contributed by atoms with Gasteiger partial charge in [0.15, 0.2) is 5.65 Å². The van der Waals surface area contributed by atoms with Crippen molar-refractivity contribution in [2.45, 2.75) is 19.4 Å². The topological polar surface area (TPSA) is 131 Å². The number of carbonyl (C=O) groups excluding carboxylic acids is 1. The van der Waals surface area contributed by atoms with Crippen molar-refractivity contribution in [2.24, 2.45) is 10.8 Å². The van der Waals surface area contributed by atoms with Gasteiger partial charge in [-0.2, -0.15) is 10.2 Å². The van der Waals surface area contributed by atoms with Crippen LogP contribution in [0.4, 0.5) is 4.79 Å². The number of urea groups is 1. The number of nitrogens with one attached hydrogen (secondary N) is 1. The number of pyridine rings is 1. The van der Waals surface area contributed by atoms with Gasteiger partial charge in [0.1, 0.15) is 11.3 Å². The van der Waals surface area contributed by atoms with E-state index in [4.69, 9.17) is 5.73 Å². The number of nitrogens with two attached hydrogens (primary N) is 1. The Bertz CT molecular complexity index is 1260. The second kappa shape index (κ2) is 6.95. The minimum absolute atomic E-state index is 0.460. The maximum atomic E-state index is 11.4. The van der Waals surface area contributed by atoms with Crippen LogP contribution in [0.15, 0.2) is 60.0 Å². The molecule has 9 nitrogen and oxygen atoms in total. The number of hydrazone groups is 1. The molecule has 0 aliphatic heterocycles. The lowest BCUT2D eigenvalue weighted by atomic mass is 9.92. The third-order valence-corrected chi connectivity index (χ3v) is 4.73. The van der Waals surface area contributed by atoms with Crippen molar-refractivity contribution in [3.05, 3.63) is 71.8 Å². The lowest BCUT2D eigenvalue weighted by Gasteiger charge is -2.23. The summed E-state index contributed by atoms with van der Waals surface area (Å²) in [6.45, 7) is 3.38. The summed E-state index contributed by atoms with van der Waals surface area (Å²) in [5, 5.41) is 20.7. The molecule has 2 amide bonds. The first kappa shape index (κ1) is 18.5. The van der Waals surface area contributed by atoms with Crippen LogP contribution in [0.25, 0.3) is 16.6 Å². The lowest BCUT2D eigenvalue weighted by Crippen LogP contribution is -2.26. The highest BCUT2D eigenvalue weighted by Gasteiger charge is 2.30. The van der Waals surface area contributed by atoms with Crippen LogP contribution in [0.1, 0.15) is 30.8 Å². The predicted molar refractivity (Wildman–Crippen MR) is 108 cm³/mol. The lowest BCUT2D eigenvalue weighted by molar-refractivity contribution is 0.0954. The predicted octanol–water partition coefficient (Wildman–Crippen LogP) is 1.93. The molecule has 0 bridgehead atoms. The van der Waals surface area contributed by atoms with Gasteiger partial charge in [0.05, 0.1) is 23.1 Å².